The van der Waals surface area contributed by atoms with Crippen LogP contribution in [-0.4, -0.2) is 52.9 Å². The van der Waals surface area contributed by atoms with Gasteiger partial charge in [-0.1, -0.05) is 0 Å². The third kappa shape index (κ3) is 3.81. The second-order valence-corrected chi connectivity index (χ2v) is 6.90. The highest BCUT2D eigenvalue weighted by Gasteiger charge is 2.41. The van der Waals surface area contributed by atoms with E-state index in [4.69, 9.17) is 14.7 Å². The van der Waals surface area contributed by atoms with Crippen LogP contribution in [0.2, 0.25) is 0 Å². The third-order valence-electron chi connectivity index (χ3n) is 4.97. The SMILES string of the molecule is Cc1nc(Nc2ccc(C#N)cc2)cc(C(=O)N2CCC3(CC2)OCCO3)n1. The number of nitrogens with one attached hydrogen (secondary N) is 1. The molecule has 1 aromatic heterocycles. The number of carbonyl (C=O) groups excluding carboxylic acids is 1. The van der Waals surface area contributed by atoms with Crippen molar-refractivity contribution in [2.24, 2.45) is 0 Å². The van der Waals surface area contributed by atoms with Crippen LogP contribution in [-0.2, 0) is 9.47 Å². The van der Waals surface area contributed by atoms with Crippen molar-refractivity contribution in [1.82, 2.24) is 14.9 Å². The molecule has 4 rings (SSSR count). The number of carbonyl (C=O) groups is 1. The minimum Gasteiger partial charge on any atom is -0.347 e. The van der Waals surface area contributed by atoms with Gasteiger partial charge in [0.25, 0.3) is 5.91 Å². The molecule has 144 valence electrons. The van der Waals surface area contributed by atoms with E-state index in [1.54, 1.807) is 42.2 Å². The average Bonchev–Trinajstić information content (AvgIpc) is 3.16. The van der Waals surface area contributed by atoms with Crippen LogP contribution < -0.4 is 5.32 Å². The Balaban J connectivity index is 1.47. The Kier molecular flexibility index (Phi) is 4.94. The molecule has 0 unspecified atom stereocenters. The van der Waals surface area contributed by atoms with Gasteiger partial charge in [-0.15, -0.1) is 0 Å². The second-order valence-electron chi connectivity index (χ2n) is 6.90. The normalized spacial score (nSPS) is 18.1. The van der Waals surface area contributed by atoms with Crippen LogP contribution in [0.5, 0.6) is 0 Å². The number of likely N-dealkylation sites (tertiary alicyclic amines) is 1. The Morgan fingerprint density at radius 1 is 1.18 bits per heavy atom. The standard InChI is InChI=1S/C20H21N5O3/c1-14-22-17(12-18(23-14)24-16-4-2-15(13-21)3-5-16)19(26)25-8-6-20(7-9-25)27-10-11-28-20/h2-5,12H,6-11H2,1H3,(H,22,23,24). The van der Waals surface area contributed by atoms with Crippen molar-refractivity contribution in [1.29, 1.82) is 5.26 Å². The molecule has 8 heteroatoms. The summed E-state index contributed by atoms with van der Waals surface area (Å²) in [4.78, 5) is 23.4. The maximum atomic E-state index is 12.9. The van der Waals surface area contributed by atoms with Crippen LogP contribution in [0.3, 0.4) is 0 Å². The summed E-state index contributed by atoms with van der Waals surface area (Å²) in [6, 6.07) is 10.8. The van der Waals surface area contributed by atoms with Crippen LogP contribution >= 0.6 is 0 Å². The Labute approximate surface area is 163 Å². The van der Waals surface area contributed by atoms with Crippen molar-refractivity contribution in [3.63, 3.8) is 0 Å². The van der Waals surface area contributed by atoms with Crippen molar-refractivity contribution in [3.8, 4) is 6.07 Å². The second kappa shape index (κ2) is 7.54. The summed E-state index contributed by atoms with van der Waals surface area (Å²) in [5.74, 6) is 0.413. The molecular weight excluding hydrogens is 358 g/mol. The Bertz CT molecular complexity index is 906. The first-order chi connectivity index (χ1) is 13.6. The van der Waals surface area contributed by atoms with E-state index >= 15 is 0 Å². The fraction of sp³-hybridized carbons (Fsp3) is 0.400. The van der Waals surface area contributed by atoms with Crippen LogP contribution in [0.15, 0.2) is 30.3 Å². The van der Waals surface area contributed by atoms with Gasteiger partial charge in [0.05, 0.1) is 24.8 Å². The molecule has 1 aromatic carbocycles. The van der Waals surface area contributed by atoms with E-state index in [-0.39, 0.29) is 5.91 Å². The summed E-state index contributed by atoms with van der Waals surface area (Å²) in [7, 11) is 0. The molecule has 3 heterocycles. The minimum absolute atomic E-state index is 0.124. The highest BCUT2D eigenvalue weighted by molar-refractivity contribution is 5.93. The molecule has 28 heavy (non-hydrogen) atoms. The number of anilines is 2. The fourth-order valence-electron chi connectivity index (χ4n) is 3.52. The average molecular weight is 379 g/mol. The van der Waals surface area contributed by atoms with Gasteiger partial charge in [-0.25, -0.2) is 9.97 Å². The highest BCUT2D eigenvalue weighted by Crippen LogP contribution is 2.31. The molecule has 0 bridgehead atoms. The zero-order valence-electron chi connectivity index (χ0n) is 15.6. The molecule has 0 radical (unpaired) electrons. The number of piperidine rings is 1. The van der Waals surface area contributed by atoms with Crippen molar-refractivity contribution in [2.75, 3.05) is 31.6 Å². The van der Waals surface area contributed by atoms with Gasteiger partial charge in [0.2, 0.25) is 0 Å². The quantitative estimate of drug-likeness (QED) is 0.874. The van der Waals surface area contributed by atoms with E-state index in [1.807, 2.05) is 0 Å². The minimum atomic E-state index is -0.513. The number of ether oxygens (including phenoxy) is 2. The Hall–Kier alpha value is -3.02. The summed E-state index contributed by atoms with van der Waals surface area (Å²) in [6.45, 7) is 4.12. The summed E-state index contributed by atoms with van der Waals surface area (Å²) < 4.78 is 11.4. The predicted octanol–water partition coefficient (Wildman–Crippen LogP) is 2.38. The van der Waals surface area contributed by atoms with Crippen LogP contribution in [0.1, 0.15) is 34.7 Å². The van der Waals surface area contributed by atoms with E-state index in [9.17, 15) is 4.79 Å². The van der Waals surface area contributed by atoms with Gasteiger partial charge < -0.3 is 19.7 Å². The number of hydrogen-bond donors (Lipinski definition) is 1. The number of benzene rings is 1. The van der Waals surface area contributed by atoms with Crippen molar-refractivity contribution < 1.29 is 14.3 Å². The van der Waals surface area contributed by atoms with Gasteiger partial charge in [-0.2, -0.15) is 5.26 Å². The number of rotatable bonds is 3. The molecule has 1 N–H and O–H groups in total. The number of nitriles is 1. The van der Waals surface area contributed by atoms with E-state index in [1.165, 1.54) is 0 Å². The first-order valence-electron chi connectivity index (χ1n) is 9.27. The maximum absolute atomic E-state index is 12.9. The van der Waals surface area contributed by atoms with Crippen LogP contribution in [0, 0.1) is 18.3 Å². The fourth-order valence-corrected chi connectivity index (χ4v) is 3.52. The van der Waals surface area contributed by atoms with Gasteiger partial charge in [-0.3, -0.25) is 4.79 Å². The maximum Gasteiger partial charge on any atom is 0.272 e. The van der Waals surface area contributed by atoms with Gasteiger partial charge >= 0.3 is 0 Å². The van der Waals surface area contributed by atoms with Gasteiger partial charge in [0.15, 0.2) is 5.79 Å². The predicted molar refractivity (Wildman–Crippen MR) is 101 cm³/mol. The van der Waals surface area contributed by atoms with Crippen molar-refractivity contribution in [2.45, 2.75) is 25.6 Å². The lowest BCUT2D eigenvalue weighted by atomic mass is 10.0. The Morgan fingerprint density at radius 2 is 1.86 bits per heavy atom. The summed E-state index contributed by atoms with van der Waals surface area (Å²) >= 11 is 0. The zero-order valence-corrected chi connectivity index (χ0v) is 15.6. The molecule has 2 saturated heterocycles. The van der Waals surface area contributed by atoms with E-state index in [0.29, 0.717) is 62.0 Å². The van der Waals surface area contributed by atoms with Gasteiger partial charge in [0.1, 0.15) is 17.3 Å². The van der Waals surface area contributed by atoms with E-state index < -0.39 is 5.79 Å². The molecule has 2 aliphatic heterocycles. The first kappa shape index (κ1) is 18.3. The van der Waals surface area contributed by atoms with E-state index in [0.717, 1.165) is 5.69 Å². The zero-order chi connectivity index (χ0) is 19.6. The summed E-state index contributed by atoms with van der Waals surface area (Å²) in [5, 5.41) is 12.1. The monoisotopic (exact) mass is 379 g/mol. The molecular formula is C20H21N5O3. The lowest BCUT2D eigenvalue weighted by Gasteiger charge is -2.37. The largest absolute Gasteiger partial charge is 0.347 e. The summed E-state index contributed by atoms with van der Waals surface area (Å²) in [5.41, 5.74) is 1.72. The number of amides is 1. The van der Waals surface area contributed by atoms with Crippen LogP contribution in [0.4, 0.5) is 11.5 Å². The van der Waals surface area contributed by atoms with Gasteiger partial charge in [-0.05, 0) is 31.2 Å². The molecule has 2 aromatic rings. The highest BCUT2D eigenvalue weighted by atomic mass is 16.7. The molecule has 2 fully saturated rings. The molecule has 1 amide bonds. The molecule has 2 aliphatic rings. The Morgan fingerprint density at radius 3 is 2.50 bits per heavy atom. The lowest BCUT2D eigenvalue weighted by Crippen LogP contribution is -2.47. The van der Waals surface area contributed by atoms with Gasteiger partial charge in [0, 0.05) is 37.7 Å². The molecule has 0 aliphatic carbocycles. The van der Waals surface area contributed by atoms with Crippen molar-refractivity contribution >= 4 is 17.4 Å². The number of nitrogens with zero attached hydrogens (tertiary/aromatic N) is 4. The topological polar surface area (TPSA) is 100 Å². The molecule has 1 spiro atoms. The van der Waals surface area contributed by atoms with E-state index in [2.05, 4.69) is 21.4 Å². The molecule has 0 atom stereocenters. The lowest BCUT2D eigenvalue weighted by molar-refractivity contribution is -0.181. The molecule has 0 saturated carbocycles. The molecule has 8 nitrogen and oxygen atoms in total. The van der Waals surface area contributed by atoms with Crippen LogP contribution in [0.25, 0.3) is 0 Å². The first-order valence-corrected chi connectivity index (χ1v) is 9.27. The number of aromatic nitrogens is 2. The summed E-state index contributed by atoms with van der Waals surface area (Å²) in [6.07, 6.45) is 1.33. The number of aryl methyl sites for hydroxylation is 1. The van der Waals surface area contributed by atoms with Crippen molar-refractivity contribution in [3.05, 3.63) is 47.4 Å². The smallest absolute Gasteiger partial charge is 0.272 e. The third-order valence-corrected chi connectivity index (χ3v) is 4.97. The number of hydrogen-bond acceptors (Lipinski definition) is 7.